The Balaban J connectivity index is 2.44. The van der Waals surface area contributed by atoms with Crippen LogP contribution < -0.4 is 4.74 Å². The average Bonchev–Trinajstić information content (AvgIpc) is 2.64. The van der Waals surface area contributed by atoms with Crippen LogP contribution in [0.2, 0.25) is 5.02 Å². The highest BCUT2D eigenvalue weighted by molar-refractivity contribution is 6.31. The van der Waals surface area contributed by atoms with Gasteiger partial charge in [-0.15, -0.1) is 0 Å². The van der Waals surface area contributed by atoms with Crippen LogP contribution in [0.25, 0.3) is 6.08 Å². The average molecular weight is 266 g/mol. The normalized spacial score (nSPS) is 16.7. The Labute approximate surface area is 110 Å². The summed E-state index contributed by atoms with van der Waals surface area (Å²) in [7, 11) is 0. The van der Waals surface area contributed by atoms with Gasteiger partial charge in [-0.25, -0.2) is 4.79 Å². The maximum absolute atomic E-state index is 11.5. The largest absolute Gasteiger partial charge is 0.493 e. The van der Waals surface area contributed by atoms with Crippen molar-refractivity contribution in [3.05, 3.63) is 34.4 Å². The predicted octanol–water partition coefficient (Wildman–Crippen LogP) is 3.05. The number of hydrogen-bond acceptors (Lipinski definition) is 4. The zero-order valence-electron chi connectivity index (χ0n) is 10.1. The van der Waals surface area contributed by atoms with Gasteiger partial charge in [-0.05, 0) is 38.1 Å². The van der Waals surface area contributed by atoms with Crippen molar-refractivity contribution in [3.8, 4) is 5.75 Å². The maximum atomic E-state index is 11.5. The lowest BCUT2D eigenvalue weighted by molar-refractivity contribution is -0.136. The van der Waals surface area contributed by atoms with Gasteiger partial charge >= 0.3 is 5.97 Å². The molecule has 4 nitrogen and oxygen atoms in total. The van der Waals surface area contributed by atoms with E-state index < -0.39 is 5.97 Å². The highest BCUT2D eigenvalue weighted by Gasteiger charge is 2.22. The molecule has 0 radical (unpaired) electrons. The fourth-order valence-electron chi connectivity index (χ4n) is 1.59. The van der Waals surface area contributed by atoms with E-state index in [1.165, 1.54) is 0 Å². The van der Waals surface area contributed by atoms with Gasteiger partial charge in [-0.3, -0.25) is 0 Å². The van der Waals surface area contributed by atoms with Crippen LogP contribution in [0, 0.1) is 0 Å². The lowest BCUT2D eigenvalue weighted by Crippen LogP contribution is -2.02. The number of oxime groups is 1. The zero-order valence-corrected chi connectivity index (χ0v) is 10.8. The molecular weight excluding hydrogens is 254 g/mol. The van der Waals surface area contributed by atoms with Crippen molar-refractivity contribution in [2.75, 3.05) is 6.61 Å². The van der Waals surface area contributed by atoms with E-state index in [-0.39, 0.29) is 0 Å². The van der Waals surface area contributed by atoms with E-state index >= 15 is 0 Å². The Hall–Kier alpha value is -1.81. The second kappa shape index (κ2) is 5.23. The summed E-state index contributed by atoms with van der Waals surface area (Å²) in [6, 6.07) is 5.24. The van der Waals surface area contributed by atoms with Gasteiger partial charge < -0.3 is 9.57 Å². The Morgan fingerprint density at radius 1 is 1.50 bits per heavy atom. The summed E-state index contributed by atoms with van der Waals surface area (Å²) in [6.45, 7) is 4.14. The molecule has 5 heteroatoms. The minimum atomic E-state index is -0.463. The molecule has 0 atom stereocenters. The van der Waals surface area contributed by atoms with E-state index in [2.05, 4.69) is 9.99 Å². The van der Waals surface area contributed by atoms with E-state index in [1.54, 1.807) is 31.2 Å². The van der Waals surface area contributed by atoms with E-state index in [1.807, 2.05) is 6.92 Å². The third-order valence-electron chi connectivity index (χ3n) is 2.45. The molecular formula is C13H12ClNO3. The first-order valence-electron chi connectivity index (χ1n) is 5.52. The van der Waals surface area contributed by atoms with E-state index in [0.717, 1.165) is 5.56 Å². The number of nitrogens with zero attached hydrogens (tertiary/aromatic N) is 1. The molecule has 0 aromatic heterocycles. The Morgan fingerprint density at radius 3 is 2.89 bits per heavy atom. The molecule has 0 spiro atoms. The van der Waals surface area contributed by atoms with Crippen LogP contribution in [0.1, 0.15) is 19.4 Å². The van der Waals surface area contributed by atoms with Crippen molar-refractivity contribution < 1.29 is 14.4 Å². The van der Waals surface area contributed by atoms with Gasteiger partial charge in [0.2, 0.25) is 0 Å². The molecule has 0 aliphatic carbocycles. The molecule has 1 aliphatic heterocycles. The van der Waals surface area contributed by atoms with Crippen LogP contribution in [0.15, 0.2) is 28.9 Å². The number of hydrogen-bond donors (Lipinski definition) is 0. The van der Waals surface area contributed by atoms with Gasteiger partial charge in [0.1, 0.15) is 5.75 Å². The predicted molar refractivity (Wildman–Crippen MR) is 69.8 cm³/mol. The second-order valence-electron chi connectivity index (χ2n) is 3.73. The molecule has 1 aliphatic rings. The SMILES string of the molecule is CCOc1ccc(Cl)cc1C=C1C(=O)ON=C1C. The van der Waals surface area contributed by atoms with Crippen molar-refractivity contribution in [1.29, 1.82) is 0 Å². The van der Waals surface area contributed by atoms with Crippen molar-refractivity contribution in [1.82, 2.24) is 0 Å². The topological polar surface area (TPSA) is 47.9 Å². The van der Waals surface area contributed by atoms with Crippen molar-refractivity contribution in [3.63, 3.8) is 0 Å². The molecule has 0 fully saturated rings. The number of rotatable bonds is 3. The molecule has 94 valence electrons. The first-order chi connectivity index (χ1) is 8.61. The fourth-order valence-corrected chi connectivity index (χ4v) is 1.77. The molecule has 0 saturated heterocycles. The van der Waals surface area contributed by atoms with Gasteiger partial charge in [0.15, 0.2) is 0 Å². The molecule has 0 saturated carbocycles. The second-order valence-corrected chi connectivity index (χ2v) is 4.17. The first-order valence-corrected chi connectivity index (χ1v) is 5.90. The van der Waals surface area contributed by atoms with Gasteiger partial charge in [0.25, 0.3) is 0 Å². The summed E-state index contributed by atoms with van der Waals surface area (Å²) in [5.41, 5.74) is 1.69. The van der Waals surface area contributed by atoms with Crippen LogP contribution >= 0.6 is 11.6 Å². The monoisotopic (exact) mass is 265 g/mol. The third kappa shape index (κ3) is 2.54. The Kier molecular flexibility index (Phi) is 3.67. The van der Waals surface area contributed by atoms with E-state index in [0.29, 0.717) is 28.7 Å². The smallest absolute Gasteiger partial charge is 0.367 e. The molecule has 0 amide bonds. The lowest BCUT2D eigenvalue weighted by atomic mass is 10.1. The van der Waals surface area contributed by atoms with Crippen molar-refractivity contribution in [2.24, 2.45) is 5.16 Å². The highest BCUT2D eigenvalue weighted by atomic mass is 35.5. The molecule has 1 heterocycles. The number of ether oxygens (including phenoxy) is 1. The fraction of sp³-hybridized carbons (Fsp3) is 0.231. The summed E-state index contributed by atoms with van der Waals surface area (Å²) in [5.74, 6) is 0.205. The summed E-state index contributed by atoms with van der Waals surface area (Å²) in [4.78, 5) is 16.1. The zero-order chi connectivity index (χ0) is 13.1. The lowest BCUT2D eigenvalue weighted by Gasteiger charge is -2.07. The molecule has 2 rings (SSSR count). The Bertz CT molecular complexity index is 549. The molecule has 0 bridgehead atoms. The number of carbonyl (C=O) groups is 1. The maximum Gasteiger partial charge on any atom is 0.367 e. The van der Waals surface area contributed by atoms with Crippen molar-refractivity contribution in [2.45, 2.75) is 13.8 Å². The summed E-state index contributed by atoms with van der Waals surface area (Å²) in [5, 5.41) is 4.19. The molecule has 18 heavy (non-hydrogen) atoms. The Morgan fingerprint density at radius 2 is 2.28 bits per heavy atom. The van der Waals surface area contributed by atoms with Crippen LogP contribution in [0.5, 0.6) is 5.75 Å². The third-order valence-corrected chi connectivity index (χ3v) is 2.68. The van der Waals surface area contributed by atoms with Crippen LogP contribution in [-0.4, -0.2) is 18.3 Å². The van der Waals surface area contributed by atoms with Gasteiger partial charge in [-0.2, -0.15) is 0 Å². The van der Waals surface area contributed by atoms with Crippen LogP contribution in [-0.2, 0) is 9.63 Å². The minimum Gasteiger partial charge on any atom is -0.493 e. The summed E-state index contributed by atoms with van der Waals surface area (Å²) < 4.78 is 5.48. The van der Waals surface area contributed by atoms with Gasteiger partial charge in [0, 0.05) is 10.6 Å². The van der Waals surface area contributed by atoms with Gasteiger partial charge in [-0.1, -0.05) is 16.8 Å². The highest BCUT2D eigenvalue weighted by Crippen LogP contribution is 2.26. The standard InChI is InChI=1S/C13H12ClNO3/c1-3-17-12-5-4-10(14)6-9(12)7-11-8(2)15-18-13(11)16/h4-7H,3H2,1-2H3. The van der Waals surface area contributed by atoms with E-state index in [9.17, 15) is 4.79 Å². The number of halogens is 1. The first kappa shape index (κ1) is 12.6. The summed E-state index contributed by atoms with van der Waals surface area (Å²) >= 11 is 5.94. The number of benzene rings is 1. The minimum absolute atomic E-state index is 0.415. The molecule has 0 unspecified atom stereocenters. The molecule has 0 N–H and O–H groups in total. The van der Waals surface area contributed by atoms with Crippen LogP contribution in [0.4, 0.5) is 0 Å². The number of carbonyl (C=O) groups excluding carboxylic acids is 1. The van der Waals surface area contributed by atoms with Crippen molar-refractivity contribution >= 4 is 29.4 Å². The quantitative estimate of drug-likeness (QED) is 0.623. The molecule has 1 aromatic carbocycles. The van der Waals surface area contributed by atoms with E-state index in [4.69, 9.17) is 16.3 Å². The van der Waals surface area contributed by atoms with Crippen LogP contribution in [0.3, 0.4) is 0 Å². The van der Waals surface area contributed by atoms with Gasteiger partial charge in [0.05, 0.1) is 17.9 Å². The molecule has 1 aromatic rings. The summed E-state index contributed by atoms with van der Waals surface area (Å²) in [6.07, 6.45) is 1.67.